The maximum absolute atomic E-state index is 12.3. The zero-order valence-corrected chi connectivity index (χ0v) is 15.3. The maximum Gasteiger partial charge on any atom is 0.315 e. The Labute approximate surface area is 152 Å². The van der Waals surface area contributed by atoms with Crippen LogP contribution in [0.1, 0.15) is 44.6 Å². The maximum atomic E-state index is 12.3. The molecular formula is C18H22Cl2O4. The lowest BCUT2D eigenvalue weighted by Crippen LogP contribution is -2.40. The molecule has 0 unspecified atom stereocenters. The predicted octanol–water partition coefficient (Wildman–Crippen LogP) is 4.59. The van der Waals surface area contributed by atoms with Gasteiger partial charge in [-0.3, -0.25) is 9.59 Å². The van der Waals surface area contributed by atoms with Gasteiger partial charge in [-0.15, -0.1) is 0 Å². The Bertz CT molecular complexity index is 595. The number of ether oxygens (including phenoxy) is 2. The first-order chi connectivity index (χ1) is 11.5. The van der Waals surface area contributed by atoms with Crippen molar-refractivity contribution in [3.05, 3.63) is 33.8 Å². The summed E-state index contributed by atoms with van der Waals surface area (Å²) < 4.78 is 10.6. The highest BCUT2D eigenvalue weighted by Gasteiger charge is 2.42. The molecule has 2 rings (SSSR count). The van der Waals surface area contributed by atoms with E-state index in [-0.39, 0.29) is 19.0 Å². The fraction of sp³-hybridized carbons (Fsp3) is 0.556. The SMILES string of the molecule is CCOC(=O)C1(COC(=O)Cc2ccc(Cl)cc2Cl)CCCCC1. The molecule has 0 aliphatic heterocycles. The first-order valence-corrected chi connectivity index (χ1v) is 8.99. The Balaban J connectivity index is 1.98. The molecule has 0 aromatic heterocycles. The topological polar surface area (TPSA) is 52.6 Å². The van der Waals surface area contributed by atoms with Gasteiger partial charge in [-0.05, 0) is 37.5 Å². The molecule has 0 atom stereocenters. The quantitative estimate of drug-likeness (QED) is 0.685. The van der Waals surface area contributed by atoms with Gasteiger partial charge in [-0.2, -0.15) is 0 Å². The van der Waals surface area contributed by atoms with Gasteiger partial charge in [-0.25, -0.2) is 0 Å². The van der Waals surface area contributed by atoms with E-state index in [0.29, 0.717) is 35.1 Å². The number of hydrogen-bond acceptors (Lipinski definition) is 4. The number of rotatable bonds is 6. The Morgan fingerprint density at radius 1 is 1.12 bits per heavy atom. The van der Waals surface area contributed by atoms with E-state index in [9.17, 15) is 9.59 Å². The summed E-state index contributed by atoms with van der Waals surface area (Å²) in [4.78, 5) is 24.5. The zero-order chi connectivity index (χ0) is 17.6. The third-order valence-corrected chi connectivity index (χ3v) is 4.97. The molecule has 1 saturated carbocycles. The van der Waals surface area contributed by atoms with Crippen molar-refractivity contribution in [3.8, 4) is 0 Å². The fourth-order valence-electron chi connectivity index (χ4n) is 3.01. The normalized spacial score (nSPS) is 16.5. The number of benzene rings is 1. The number of esters is 2. The average Bonchev–Trinajstić information content (AvgIpc) is 2.57. The van der Waals surface area contributed by atoms with Crippen molar-refractivity contribution >= 4 is 35.1 Å². The molecule has 4 nitrogen and oxygen atoms in total. The highest BCUT2D eigenvalue weighted by atomic mass is 35.5. The van der Waals surface area contributed by atoms with Gasteiger partial charge in [0.1, 0.15) is 12.0 Å². The lowest BCUT2D eigenvalue weighted by Gasteiger charge is -2.34. The number of halogens is 2. The molecule has 1 aromatic carbocycles. The average molecular weight is 373 g/mol. The van der Waals surface area contributed by atoms with Crippen LogP contribution in [0.3, 0.4) is 0 Å². The number of hydrogen-bond donors (Lipinski definition) is 0. The molecule has 0 heterocycles. The van der Waals surface area contributed by atoms with E-state index >= 15 is 0 Å². The molecule has 0 saturated heterocycles. The summed E-state index contributed by atoms with van der Waals surface area (Å²) in [6, 6.07) is 4.97. The van der Waals surface area contributed by atoms with Gasteiger partial charge in [0.15, 0.2) is 0 Å². The number of carbonyl (C=O) groups excluding carboxylic acids is 2. The molecule has 6 heteroatoms. The van der Waals surface area contributed by atoms with Crippen molar-refractivity contribution in [1.82, 2.24) is 0 Å². The molecule has 24 heavy (non-hydrogen) atoms. The molecule has 0 radical (unpaired) electrons. The second-order valence-electron chi connectivity index (χ2n) is 6.13. The molecule has 132 valence electrons. The minimum atomic E-state index is -0.701. The Morgan fingerprint density at radius 3 is 2.46 bits per heavy atom. The molecular weight excluding hydrogens is 351 g/mol. The molecule has 0 bridgehead atoms. The second-order valence-corrected chi connectivity index (χ2v) is 6.98. The van der Waals surface area contributed by atoms with Gasteiger partial charge in [0.25, 0.3) is 0 Å². The minimum Gasteiger partial charge on any atom is -0.465 e. The van der Waals surface area contributed by atoms with Crippen LogP contribution >= 0.6 is 23.2 Å². The summed E-state index contributed by atoms with van der Waals surface area (Å²) in [5.41, 5.74) is -0.0480. The monoisotopic (exact) mass is 372 g/mol. The molecule has 0 amide bonds. The van der Waals surface area contributed by atoms with Crippen LogP contribution in [-0.4, -0.2) is 25.2 Å². The van der Waals surface area contributed by atoms with Crippen LogP contribution in [0.25, 0.3) is 0 Å². The van der Waals surface area contributed by atoms with Crippen LogP contribution in [0.4, 0.5) is 0 Å². The van der Waals surface area contributed by atoms with Crippen LogP contribution in [0, 0.1) is 5.41 Å². The van der Waals surface area contributed by atoms with Crippen LogP contribution < -0.4 is 0 Å². The van der Waals surface area contributed by atoms with Crippen molar-refractivity contribution < 1.29 is 19.1 Å². The Kier molecular flexibility index (Phi) is 6.93. The van der Waals surface area contributed by atoms with Crippen LogP contribution in [0.2, 0.25) is 10.0 Å². The van der Waals surface area contributed by atoms with E-state index in [1.54, 1.807) is 25.1 Å². The molecule has 1 fully saturated rings. The Morgan fingerprint density at radius 2 is 1.83 bits per heavy atom. The van der Waals surface area contributed by atoms with Gasteiger partial charge >= 0.3 is 11.9 Å². The van der Waals surface area contributed by atoms with Gasteiger partial charge in [0.2, 0.25) is 0 Å². The van der Waals surface area contributed by atoms with E-state index in [1.165, 1.54) is 0 Å². The van der Waals surface area contributed by atoms with E-state index in [0.717, 1.165) is 19.3 Å². The third-order valence-electron chi connectivity index (χ3n) is 4.38. The molecule has 1 aliphatic rings. The highest BCUT2D eigenvalue weighted by Crippen LogP contribution is 2.38. The summed E-state index contributed by atoms with van der Waals surface area (Å²) in [7, 11) is 0. The van der Waals surface area contributed by atoms with Crippen molar-refractivity contribution in [3.63, 3.8) is 0 Å². The standard InChI is InChI=1S/C18H22Cl2O4/c1-2-23-17(22)18(8-4-3-5-9-18)12-24-16(21)10-13-6-7-14(19)11-15(13)20/h6-7,11H,2-5,8-10,12H2,1H3. The fourth-order valence-corrected chi connectivity index (χ4v) is 3.49. The smallest absolute Gasteiger partial charge is 0.315 e. The third kappa shape index (κ3) is 4.87. The van der Waals surface area contributed by atoms with Crippen molar-refractivity contribution in [2.45, 2.75) is 45.4 Å². The Hall–Kier alpha value is -1.26. The van der Waals surface area contributed by atoms with Crippen LogP contribution in [0.5, 0.6) is 0 Å². The second kappa shape index (κ2) is 8.72. The predicted molar refractivity (Wildman–Crippen MR) is 93.3 cm³/mol. The molecule has 0 N–H and O–H groups in total. The largest absolute Gasteiger partial charge is 0.465 e. The van der Waals surface area contributed by atoms with Crippen LogP contribution in [0.15, 0.2) is 18.2 Å². The summed E-state index contributed by atoms with van der Waals surface area (Å²) in [5, 5.41) is 0.942. The van der Waals surface area contributed by atoms with E-state index in [2.05, 4.69) is 0 Å². The molecule has 1 aliphatic carbocycles. The first-order valence-electron chi connectivity index (χ1n) is 8.23. The van der Waals surface area contributed by atoms with Gasteiger partial charge < -0.3 is 9.47 Å². The number of carbonyl (C=O) groups is 2. The summed E-state index contributed by atoms with van der Waals surface area (Å²) in [6.07, 6.45) is 4.42. The molecule has 0 spiro atoms. The lowest BCUT2D eigenvalue weighted by molar-refractivity contribution is -0.166. The summed E-state index contributed by atoms with van der Waals surface area (Å²) in [6.45, 7) is 2.17. The van der Waals surface area contributed by atoms with Gasteiger partial charge in [-0.1, -0.05) is 48.5 Å². The first kappa shape index (κ1) is 19.1. The lowest BCUT2D eigenvalue weighted by atomic mass is 9.74. The van der Waals surface area contributed by atoms with Crippen molar-refractivity contribution in [1.29, 1.82) is 0 Å². The summed E-state index contributed by atoms with van der Waals surface area (Å²) >= 11 is 11.9. The van der Waals surface area contributed by atoms with Crippen molar-refractivity contribution in [2.24, 2.45) is 5.41 Å². The minimum absolute atomic E-state index is 0.0505. The molecule has 1 aromatic rings. The van der Waals surface area contributed by atoms with Gasteiger partial charge in [0, 0.05) is 10.0 Å². The van der Waals surface area contributed by atoms with Crippen LogP contribution in [-0.2, 0) is 25.5 Å². The highest BCUT2D eigenvalue weighted by molar-refractivity contribution is 6.35. The van der Waals surface area contributed by atoms with E-state index in [1.807, 2.05) is 0 Å². The van der Waals surface area contributed by atoms with Crippen molar-refractivity contribution in [2.75, 3.05) is 13.2 Å². The zero-order valence-electron chi connectivity index (χ0n) is 13.8. The van der Waals surface area contributed by atoms with E-state index < -0.39 is 11.4 Å². The van der Waals surface area contributed by atoms with Gasteiger partial charge in [0.05, 0.1) is 13.0 Å². The van der Waals surface area contributed by atoms with E-state index in [4.69, 9.17) is 32.7 Å². The summed E-state index contributed by atoms with van der Waals surface area (Å²) in [5.74, 6) is -0.671.